The summed E-state index contributed by atoms with van der Waals surface area (Å²) in [6.45, 7) is 2.03. The fraction of sp³-hybridized carbons (Fsp3) is 0.250. The van der Waals surface area contributed by atoms with E-state index in [0.29, 0.717) is 0 Å². The lowest BCUT2D eigenvalue weighted by molar-refractivity contribution is 1.36. The maximum atomic E-state index is 5.60. The Morgan fingerprint density at radius 1 is 1.40 bits per heavy atom. The van der Waals surface area contributed by atoms with Crippen molar-refractivity contribution in [3.8, 4) is 0 Å². The Labute approximate surface area is 66.7 Å². The number of anilines is 1. The molecule has 1 rings (SSSR count). The maximum absolute atomic E-state index is 5.60. The van der Waals surface area contributed by atoms with E-state index < -0.39 is 0 Å². The maximum Gasteiger partial charge on any atom is 0.0319 e. The van der Waals surface area contributed by atoms with Gasteiger partial charge in [-0.1, -0.05) is 6.07 Å². The average molecular weight is 153 g/mol. The average Bonchev–Trinajstić information content (AvgIpc) is 1.85. The van der Waals surface area contributed by atoms with Crippen molar-refractivity contribution in [1.29, 1.82) is 0 Å². The van der Waals surface area contributed by atoms with Gasteiger partial charge in [-0.3, -0.25) is 0 Å². The Bertz CT molecular complexity index is 212. The molecule has 0 saturated carbocycles. The highest BCUT2D eigenvalue weighted by atomic mass is 32.1. The van der Waals surface area contributed by atoms with Crippen LogP contribution in [0.3, 0.4) is 0 Å². The van der Waals surface area contributed by atoms with Crippen LogP contribution >= 0.6 is 12.6 Å². The lowest BCUT2D eigenvalue weighted by atomic mass is 10.1. The number of rotatable bonds is 1. The van der Waals surface area contributed by atoms with Crippen LogP contribution in [0.15, 0.2) is 18.2 Å². The number of nitrogen functional groups attached to an aromatic ring is 1. The van der Waals surface area contributed by atoms with Crippen molar-refractivity contribution >= 4 is 18.3 Å². The lowest BCUT2D eigenvalue weighted by Crippen LogP contribution is -1.88. The molecule has 0 atom stereocenters. The van der Waals surface area contributed by atoms with Gasteiger partial charge in [0.2, 0.25) is 0 Å². The predicted octanol–water partition coefficient (Wildman–Crippen LogP) is 2.01. The van der Waals surface area contributed by atoms with Crippen LogP contribution < -0.4 is 5.73 Å². The minimum absolute atomic E-state index is 0.756. The second-order valence-corrected chi connectivity index (χ2v) is 2.73. The molecular weight excluding hydrogens is 142 g/mol. The Hall–Kier alpha value is -0.630. The first-order chi connectivity index (χ1) is 4.72. The van der Waals surface area contributed by atoms with Gasteiger partial charge in [-0.15, -0.1) is 0 Å². The third kappa shape index (κ3) is 1.67. The van der Waals surface area contributed by atoms with Gasteiger partial charge in [0.15, 0.2) is 0 Å². The fourth-order valence-corrected chi connectivity index (χ4v) is 1.17. The number of benzene rings is 1. The summed E-state index contributed by atoms with van der Waals surface area (Å²) < 4.78 is 0. The first-order valence-electron chi connectivity index (χ1n) is 3.19. The molecule has 1 nitrogen and oxygen atoms in total. The molecule has 0 radical (unpaired) electrons. The summed E-state index contributed by atoms with van der Waals surface area (Å²) >= 11 is 4.15. The third-order valence-electron chi connectivity index (χ3n) is 1.34. The fourth-order valence-electron chi connectivity index (χ4n) is 0.986. The van der Waals surface area contributed by atoms with Crippen LogP contribution in [0.1, 0.15) is 11.1 Å². The minimum Gasteiger partial charge on any atom is -0.399 e. The number of thiol groups is 1. The van der Waals surface area contributed by atoms with Crippen molar-refractivity contribution in [3.05, 3.63) is 29.3 Å². The van der Waals surface area contributed by atoms with Gasteiger partial charge in [-0.05, 0) is 30.2 Å². The molecule has 10 heavy (non-hydrogen) atoms. The molecule has 0 bridgehead atoms. The number of hydrogen-bond acceptors (Lipinski definition) is 2. The van der Waals surface area contributed by atoms with E-state index in [1.54, 1.807) is 0 Å². The van der Waals surface area contributed by atoms with Crippen LogP contribution in [0, 0.1) is 6.92 Å². The molecule has 2 heteroatoms. The first kappa shape index (κ1) is 7.48. The van der Waals surface area contributed by atoms with Crippen LogP contribution in [0.5, 0.6) is 0 Å². The summed E-state index contributed by atoms with van der Waals surface area (Å²) in [7, 11) is 0. The summed E-state index contributed by atoms with van der Waals surface area (Å²) in [6, 6.07) is 5.98. The molecule has 1 aromatic rings. The summed E-state index contributed by atoms with van der Waals surface area (Å²) in [5.74, 6) is 0.756. The molecule has 0 fully saturated rings. The monoisotopic (exact) mass is 153 g/mol. The van der Waals surface area contributed by atoms with Crippen molar-refractivity contribution in [2.24, 2.45) is 0 Å². The van der Waals surface area contributed by atoms with Crippen molar-refractivity contribution in [3.63, 3.8) is 0 Å². The topological polar surface area (TPSA) is 26.0 Å². The molecule has 0 aromatic heterocycles. The number of hydrogen-bond donors (Lipinski definition) is 2. The second-order valence-electron chi connectivity index (χ2n) is 2.41. The van der Waals surface area contributed by atoms with Gasteiger partial charge in [-0.25, -0.2) is 0 Å². The largest absolute Gasteiger partial charge is 0.399 e. The van der Waals surface area contributed by atoms with Gasteiger partial charge >= 0.3 is 0 Å². The van der Waals surface area contributed by atoms with E-state index in [1.165, 1.54) is 11.1 Å². The number of aryl methyl sites for hydroxylation is 1. The normalized spacial score (nSPS) is 9.80. The zero-order valence-electron chi connectivity index (χ0n) is 5.96. The Balaban J connectivity index is 3.06. The van der Waals surface area contributed by atoms with Crippen molar-refractivity contribution in [2.45, 2.75) is 12.7 Å². The van der Waals surface area contributed by atoms with E-state index in [1.807, 2.05) is 19.1 Å². The molecule has 2 N–H and O–H groups in total. The predicted molar refractivity (Wildman–Crippen MR) is 48.3 cm³/mol. The van der Waals surface area contributed by atoms with Crippen LogP contribution in [0.25, 0.3) is 0 Å². The molecule has 0 aliphatic rings. The Morgan fingerprint density at radius 2 is 2.10 bits per heavy atom. The molecule has 0 saturated heterocycles. The van der Waals surface area contributed by atoms with E-state index >= 15 is 0 Å². The van der Waals surface area contributed by atoms with E-state index in [2.05, 4.69) is 18.7 Å². The highest BCUT2D eigenvalue weighted by molar-refractivity contribution is 7.79. The van der Waals surface area contributed by atoms with E-state index in [0.717, 1.165) is 11.4 Å². The Morgan fingerprint density at radius 3 is 2.60 bits per heavy atom. The second kappa shape index (κ2) is 2.97. The summed E-state index contributed by atoms with van der Waals surface area (Å²) in [6.07, 6.45) is 0. The lowest BCUT2D eigenvalue weighted by Gasteiger charge is -1.99. The van der Waals surface area contributed by atoms with E-state index in [9.17, 15) is 0 Å². The van der Waals surface area contributed by atoms with Gasteiger partial charge in [0.25, 0.3) is 0 Å². The van der Waals surface area contributed by atoms with Crippen LogP contribution in [-0.4, -0.2) is 0 Å². The molecular formula is C8H11NS. The zero-order valence-corrected chi connectivity index (χ0v) is 6.86. The van der Waals surface area contributed by atoms with Crippen LogP contribution in [-0.2, 0) is 5.75 Å². The molecule has 1 aromatic carbocycles. The summed E-state index contributed by atoms with van der Waals surface area (Å²) in [5.41, 5.74) is 8.80. The highest BCUT2D eigenvalue weighted by Crippen LogP contribution is 2.12. The van der Waals surface area contributed by atoms with Gasteiger partial charge in [0.1, 0.15) is 0 Å². The van der Waals surface area contributed by atoms with E-state index in [-0.39, 0.29) is 0 Å². The van der Waals surface area contributed by atoms with Crippen molar-refractivity contribution in [1.82, 2.24) is 0 Å². The highest BCUT2D eigenvalue weighted by Gasteiger charge is 1.92. The number of nitrogens with two attached hydrogens (primary N) is 1. The van der Waals surface area contributed by atoms with Gasteiger partial charge in [-0.2, -0.15) is 12.6 Å². The Kier molecular flexibility index (Phi) is 2.22. The quantitative estimate of drug-likeness (QED) is 0.468. The standard InChI is InChI=1S/C8H11NS/c1-6-2-7(5-10)4-8(9)3-6/h2-4,10H,5,9H2,1H3. The summed E-state index contributed by atoms with van der Waals surface area (Å²) in [5, 5.41) is 0. The molecule has 0 spiro atoms. The van der Waals surface area contributed by atoms with Gasteiger partial charge < -0.3 is 5.73 Å². The molecule has 0 amide bonds. The summed E-state index contributed by atoms with van der Waals surface area (Å²) in [4.78, 5) is 0. The SMILES string of the molecule is Cc1cc(N)cc(CS)c1. The third-order valence-corrected chi connectivity index (χ3v) is 1.71. The molecule has 0 aliphatic heterocycles. The zero-order chi connectivity index (χ0) is 7.56. The van der Waals surface area contributed by atoms with Crippen molar-refractivity contribution < 1.29 is 0 Å². The molecule has 0 heterocycles. The van der Waals surface area contributed by atoms with Crippen LogP contribution in [0.4, 0.5) is 5.69 Å². The molecule has 0 unspecified atom stereocenters. The molecule has 54 valence electrons. The van der Waals surface area contributed by atoms with Crippen molar-refractivity contribution in [2.75, 3.05) is 5.73 Å². The van der Waals surface area contributed by atoms with Crippen LogP contribution in [0.2, 0.25) is 0 Å². The molecule has 0 aliphatic carbocycles. The van der Waals surface area contributed by atoms with Gasteiger partial charge in [0, 0.05) is 11.4 Å². The van der Waals surface area contributed by atoms with Gasteiger partial charge in [0.05, 0.1) is 0 Å². The smallest absolute Gasteiger partial charge is 0.0319 e. The first-order valence-corrected chi connectivity index (χ1v) is 3.82. The minimum atomic E-state index is 0.756. The van der Waals surface area contributed by atoms with E-state index in [4.69, 9.17) is 5.73 Å².